The second kappa shape index (κ2) is 4.48. The van der Waals surface area contributed by atoms with Gasteiger partial charge < -0.3 is 4.90 Å². The molecule has 2 aliphatic carbocycles. The number of ketones is 1. The van der Waals surface area contributed by atoms with Gasteiger partial charge in [-0.05, 0) is 37.5 Å². The Kier molecular flexibility index (Phi) is 3.01. The molecule has 1 heterocycles. The summed E-state index contributed by atoms with van der Waals surface area (Å²) in [5, 5.41) is 0. The number of nitrogens with zero attached hydrogens (tertiary/aromatic N) is 1. The lowest BCUT2D eigenvalue weighted by atomic mass is 9.87. The van der Waals surface area contributed by atoms with E-state index < -0.39 is 0 Å². The van der Waals surface area contributed by atoms with Gasteiger partial charge in [0.2, 0.25) is 0 Å². The van der Waals surface area contributed by atoms with Crippen LogP contribution in [-0.2, 0) is 4.79 Å². The number of fused-ring (bicyclic) bond motifs is 1. The fraction of sp³-hybridized carbons (Fsp3) is 0.929. The third kappa shape index (κ3) is 2.04. The molecule has 0 spiro atoms. The first-order chi connectivity index (χ1) is 7.83. The zero-order valence-electron chi connectivity index (χ0n) is 10.2. The lowest BCUT2D eigenvalue weighted by Crippen LogP contribution is -2.33. The highest BCUT2D eigenvalue weighted by Crippen LogP contribution is 2.38. The highest BCUT2D eigenvalue weighted by molar-refractivity contribution is 5.81. The van der Waals surface area contributed by atoms with E-state index in [0.29, 0.717) is 11.7 Å². The summed E-state index contributed by atoms with van der Waals surface area (Å²) in [4.78, 5) is 14.4. The van der Waals surface area contributed by atoms with Gasteiger partial charge >= 0.3 is 0 Å². The summed E-state index contributed by atoms with van der Waals surface area (Å²) < 4.78 is 0. The van der Waals surface area contributed by atoms with E-state index in [0.717, 1.165) is 37.6 Å². The summed E-state index contributed by atoms with van der Waals surface area (Å²) in [6.45, 7) is 3.65. The SMILES string of the molecule is O=C1CCCCC1CN1CC2CCCC2C1. The van der Waals surface area contributed by atoms with E-state index in [9.17, 15) is 4.79 Å². The quantitative estimate of drug-likeness (QED) is 0.714. The first-order valence-electron chi connectivity index (χ1n) is 7.08. The number of carbonyl (C=O) groups is 1. The number of carbonyl (C=O) groups excluding carboxylic acids is 1. The van der Waals surface area contributed by atoms with Crippen LogP contribution in [0.1, 0.15) is 44.9 Å². The van der Waals surface area contributed by atoms with E-state index in [1.54, 1.807) is 0 Å². The van der Waals surface area contributed by atoms with E-state index >= 15 is 0 Å². The monoisotopic (exact) mass is 221 g/mol. The van der Waals surface area contributed by atoms with Crippen LogP contribution in [0, 0.1) is 17.8 Å². The fourth-order valence-electron chi connectivity index (χ4n) is 4.04. The lowest BCUT2D eigenvalue weighted by molar-refractivity contribution is -0.125. The maximum Gasteiger partial charge on any atom is 0.137 e. The Labute approximate surface area is 98.4 Å². The van der Waals surface area contributed by atoms with E-state index in [1.165, 1.54) is 38.8 Å². The minimum absolute atomic E-state index is 0.382. The van der Waals surface area contributed by atoms with Crippen molar-refractivity contribution < 1.29 is 4.79 Å². The topological polar surface area (TPSA) is 20.3 Å². The molecule has 0 aromatic carbocycles. The number of Topliss-reactive ketones (excluding diaryl/α,β-unsaturated/α-hetero) is 1. The average Bonchev–Trinajstić information content (AvgIpc) is 2.81. The predicted molar refractivity (Wildman–Crippen MR) is 64.2 cm³/mol. The van der Waals surface area contributed by atoms with Gasteiger partial charge in [-0.1, -0.05) is 12.8 Å². The third-order valence-corrected chi connectivity index (χ3v) is 4.96. The van der Waals surface area contributed by atoms with E-state index in [1.807, 2.05) is 0 Å². The van der Waals surface area contributed by atoms with Gasteiger partial charge in [-0.3, -0.25) is 4.79 Å². The molecule has 3 unspecified atom stereocenters. The molecule has 90 valence electrons. The summed E-state index contributed by atoms with van der Waals surface area (Å²) in [7, 11) is 0. The van der Waals surface area contributed by atoms with Crippen molar-refractivity contribution in [2.24, 2.45) is 17.8 Å². The Bertz CT molecular complexity index is 264. The highest BCUT2D eigenvalue weighted by atomic mass is 16.1. The van der Waals surface area contributed by atoms with Crippen molar-refractivity contribution in [3.05, 3.63) is 0 Å². The van der Waals surface area contributed by atoms with E-state index in [-0.39, 0.29) is 0 Å². The van der Waals surface area contributed by atoms with Crippen LogP contribution in [0.5, 0.6) is 0 Å². The van der Waals surface area contributed by atoms with Crippen LogP contribution in [0.4, 0.5) is 0 Å². The Hall–Kier alpha value is -0.370. The van der Waals surface area contributed by atoms with Gasteiger partial charge in [-0.2, -0.15) is 0 Å². The Balaban J connectivity index is 1.53. The maximum atomic E-state index is 11.8. The molecule has 1 aliphatic heterocycles. The van der Waals surface area contributed by atoms with Crippen LogP contribution in [0.15, 0.2) is 0 Å². The Morgan fingerprint density at radius 2 is 1.75 bits per heavy atom. The Morgan fingerprint density at radius 1 is 1.00 bits per heavy atom. The second-order valence-electron chi connectivity index (χ2n) is 6.08. The van der Waals surface area contributed by atoms with Crippen molar-refractivity contribution in [3.8, 4) is 0 Å². The molecule has 3 rings (SSSR count). The van der Waals surface area contributed by atoms with Gasteiger partial charge in [0.1, 0.15) is 5.78 Å². The van der Waals surface area contributed by atoms with Crippen LogP contribution < -0.4 is 0 Å². The van der Waals surface area contributed by atoms with Crippen molar-refractivity contribution >= 4 is 5.78 Å². The van der Waals surface area contributed by atoms with Crippen molar-refractivity contribution in [2.75, 3.05) is 19.6 Å². The molecule has 0 bridgehead atoms. The maximum absolute atomic E-state index is 11.8. The zero-order chi connectivity index (χ0) is 11.0. The summed E-state index contributed by atoms with van der Waals surface area (Å²) in [5.41, 5.74) is 0. The molecule has 2 nitrogen and oxygen atoms in total. The summed E-state index contributed by atoms with van der Waals surface area (Å²) in [6, 6.07) is 0. The van der Waals surface area contributed by atoms with Gasteiger partial charge in [0.15, 0.2) is 0 Å². The van der Waals surface area contributed by atoms with Crippen molar-refractivity contribution in [1.82, 2.24) is 4.90 Å². The Morgan fingerprint density at radius 3 is 2.44 bits per heavy atom. The number of hydrogen-bond acceptors (Lipinski definition) is 2. The molecule has 0 aromatic heterocycles. The van der Waals surface area contributed by atoms with Crippen LogP contribution in [0.25, 0.3) is 0 Å². The van der Waals surface area contributed by atoms with Crippen LogP contribution in [0.2, 0.25) is 0 Å². The van der Waals surface area contributed by atoms with Crippen LogP contribution in [0.3, 0.4) is 0 Å². The standard InChI is InChI=1S/C14H23NO/c16-14-7-2-1-4-13(14)10-15-8-11-5-3-6-12(11)9-15/h11-13H,1-10H2. The molecule has 16 heavy (non-hydrogen) atoms. The molecule has 0 radical (unpaired) electrons. The molecule has 3 fully saturated rings. The molecule has 2 saturated carbocycles. The molecule has 0 N–H and O–H groups in total. The van der Waals surface area contributed by atoms with Crippen molar-refractivity contribution in [1.29, 1.82) is 0 Å². The first kappa shape index (κ1) is 10.8. The zero-order valence-corrected chi connectivity index (χ0v) is 10.2. The molecule has 0 aromatic rings. The van der Waals surface area contributed by atoms with E-state index in [4.69, 9.17) is 0 Å². The van der Waals surface area contributed by atoms with Gasteiger partial charge in [0.05, 0.1) is 0 Å². The largest absolute Gasteiger partial charge is 0.302 e. The minimum atomic E-state index is 0.382. The number of hydrogen-bond donors (Lipinski definition) is 0. The average molecular weight is 221 g/mol. The smallest absolute Gasteiger partial charge is 0.137 e. The molecule has 1 saturated heterocycles. The number of likely N-dealkylation sites (tertiary alicyclic amines) is 1. The van der Waals surface area contributed by atoms with Gasteiger partial charge in [-0.25, -0.2) is 0 Å². The van der Waals surface area contributed by atoms with Crippen molar-refractivity contribution in [2.45, 2.75) is 44.9 Å². The lowest BCUT2D eigenvalue weighted by Gasteiger charge is -2.26. The summed E-state index contributed by atoms with van der Waals surface area (Å²) in [6.07, 6.45) is 8.76. The molecule has 3 aliphatic rings. The van der Waals surface area contributed by atoms with E-state index in [2.05, 4.69) is 4.90 Å². The number of rotatable bonds is 2. The normalized spacial score (nSPS) is 40.2. The van der Waals surface area contributed by atoms with Gasteiger partial charge in [-0.15, -0.1) is 0 Å². The highest BCUT2D eigenvalue weighted by Gasteiger charge is 2.37. The fourth-order valence-corrected chi connectivity index (χ4v) is 4.04. The second-order valence-corrected chi connectivity index (χ2v) is 6.08. The predicted octanol–water partition coefficient (Wildman–Crippen LogP) is 2.48. The molecular formula is C14H23NO. The summed E-state index contributed by atoms with van der Waals surface area (Å²) in [5.74, 6) is 2.87. The molecule has 0 amide bonds. The van der Waals surface area contributed by atoms with Gasteiger partial charge in [0, 0.05) is 32.0 Å². The molecular weight excluding hydrogens is 198 g/mol. The van der Waals surface area contributed by atoms with Crippen LogP contribution >= 0.6 is 0 Å². The molecule has 2 heteroatoms. The van der Waals surface area contributed by atoms with Crippen LogP contribution in [-0.4, -0.2) is 30.3 Å². The van der Waals surface area contributed by atoms with Crippen molar-refractivity contribution in [3.63, 3.8) is 0 Å². The molecule has 3 atom stereocenters. The summed E-state index contributed by atoms with van der Waals surface area (Å²) >= 11 is 0. The van der Waals surface area contributed by atoms with Gasteiger partial charge in [0.25, 0.3) is 0 Å². The first-order valence-corrected chi connectivity index (χ1v) is 7.08. The third-order valence-electron chi connectivity index (χ3n) is 4.96. The minimum Gasteiger partial charge on any atom is -0.302 e.